The van der Waals surface area contributed by atoms with E-state index in [0.717, 1.165) is 45.2 Å². The maximum Gasteiger partial charge on any atom is 0.163 e. The normalized spacial score (nSPS) is 12.4. The molecule has 0 atom stereocenters. The van der Waals surface area contributed by atoms with Crippen LogP contribution in [0.3, 0.4) is 0 Å². The van der Waals surface area contributed by atoms with Gasteiger partial charge in [-0.3, -0.25) is 0 Å². The van der Waals surface area contributed by atoms with Crippen LogP contribution in [-0.4, -0.2) is 28.2 Å². The van der Waals surface area contributed by atoms with Gasteiger partial charge in [0.25, 0.3) is 0 Å². The van der Waals surface area contributed by atoms with Crippen LogP contribution in [0.25, 0.3) is 22.2 Å². The van der Waals surface area contributed by atoms with Gasteiger partial charge >= 0.3 is 0 Å². The van der Waals surface area contributed by atoms with Crippen LogP contribution in [0, 0.1) is 0 Å². The first-order chi connectivity index (χ1) is 12.9. The van der Waals surface area contributed by atoms with Gasteiger partial charge in [-0.2, -0.15) is 0 Å². The van der Waals surface area contributed by atoms with Crippen molar-refractivity contribution in [3.05, 3.63) is 61.1 Å². The number of fused-ring (bicyclic) bond motifs is 2. The van der Waals surface area contributed by atoms with Crippen molar-refractivity contribution in [3.63, 3.8) is 0 Å². The number of hydrogen-bond acceptors (Lipinski definition) is 5. The molecule has 0 saturated carbocycles. The van der Waals surface area contributed by atoms with Crippen LogP contribution in [-0.2, 0) is 0 Å². The number of aromatic nitrogens is 3. The van der Waals surface area contributed by atoms with E-state index in [-0.39, 0.29) is 12.4 Å². The van der Waals surface area contributed by atoms with E-state index in [9.17, 15) is 0 Å². The van der Waals surface area contributed by atoms with Crippen molar-refractivity contribution in [3.8, 4) is 22.8 Å². The number of halogens is 1. The quantitative estimate of drug-likeness (QED) is 0.545. The third kappa shape index (κ3) is 3.27. The van der Waals surface area contributed by atoms with Crippen molar-refractivity contribution in [1.29, 1.82) is 0 Å². The van der Waals surface area contributed by atoms with E-state index >= 15 is 0 Å². The van der Waals surface area contributed by atoms with Gasteiger partial charge in [-0.25, -0.2) is 9.97 Å². The zero-order valence-corrected chi connectivity index (χ0v) is 15.1. The Hall–Kier alpha value is -3.25. The molecule has 6 nitrogen and oxygen atoms in total. The van der Waals surface area contributed by atoms with Crippen LogP contribution in [0.1, 0.15) is 0 Å². The van der Waals surface area contributed by atoms with Crippen LogP contribution < -0.4 is 14.8 Å². The van der Waals surface area contributed by atoms with E-state index < -0.39 is 0 Å². The summed E-state index contributed by atoms with van der Waals surface area (Å²) in [4.78, 5) is 12.0. The highest BCUT2D eigenvalue weighted by Gasteiger charge is 2.15. The smallest absolute Gasteiger partial charge is 0.163 e. The molecule has 2 aromatic carbocycles. The van der Waals surface area contributed by atoms with Crippen LogP contribution in [0.5, 0.6) is 11.5 Å². The molecule has 0 aliphatic carbocycles. The van der Waals surface area contributed by atoms with Gasteiger partial charge in [-0.1, -0.05) is 12.1 Å². The summed E-state index contributed by atoms with van der Waals surface area (Å²) in [5.74, 6) is 2.18. The van der Waals surface area contributed by atoms with E-state index in [4.69, 9.17) is 9.47 Å². The molecular formula is C20H17ClN4O2. The molecule has 0 unspecified atom stereocenters. The topological polar surface area (TPSA) is 72.1 Å². The molecule has 0 radical (unpaired) electrons. The van der Waals surface area contributed by atoms with Gasteiger partial charge < -0.3 is 19.8 Å². The van der Waals surface area contributed by atoms with Crippen molar-refractivity contribution in [2.45, 2.75) is 0 Å². The maximum absolute atomic E-state index is 5.69. The molecule has 1 aliphatic rings. The van der Waals surface area contributed by atoms with E-state index in [1.54, 1.807) is 6.33 Å². The zero-order chi connectivity index (χ0) is 17.3. The van der Waals surface area contributed by atoms with Gasteiger partial charge in [-0.15, -0.1) is 12.4 Å². The number of aromatic amines is 1. The fourth-order valence-corrected chi connectivity index (χ4v) is 3.10. The Morgan fingerprint density at radius 1 is 0.926 bits per heavy atom. The zero-order valence-electron chi connectivity index (χ0n) is 14.3. The Morgan fingerprint density at radius 3 is 2.59 bits per heavy atom. The summed E-state index contributed by atoms with van der Waals surface area (Å²) in [6.45, 7) is 1.10. The average molecular weight is 381 g/mol. The lowest BCUT2D eigenvalue weighted by molar-refractivity contribution is 0.172. The Morgan fingerprint density at radius 2 is 1.78 bits per heavy atom. The Bertz CT molecular complexity index is 1080. The van der Waals surface area contributed by atoms with Crippen LogP contribution in [0.2, 0.25) is 0 Å². The van der Waals surface area contributed by atoms with Crippen molar-refractivity contribution in [2.24, 2.45) is 0 Å². The lowest BCUT2D eigenvalue weighted by Crippen LogP contribution is -2.15. The van der Waals surface area contributed by atoms with Gasteiger partial charge in [0.2, 0.25) is 0 Å². The number of H-pyrrole nitrogens is 1. The second-order valence-corrected chi connectivity index (χ2v) is 6.02. The van der Waals surface area contributed by atoms with E-state index in [1.165, 1.54) is 0 Å². The molecule has 2 aromatic heterocycles. The van der Waals surface area contributed by atoms with Crippen molar-refractivity contribution >= 4 is 34.8 Å². The molecule has 3 heterocycles. The molecule has 0 fully saturated rings. The van der Waals surface area contributed by atoms with Gasteiger partial charge in [0, 0.05) is 29.0 Å². The predicted molar refractivity (Wildman–Crippen MR) is 107 cm³/mol. The van der Waals surface area contributed by atoms with Crippen LogP contribution >= 0.6 is 12.4 Å². The van der Waals surface area contributed by atoms with Gasteiger partial charge in [0.05, 0.1) is 5.52 Å². The Labute approximate surface area is 162 Å². The van der Waals surface area contributed by atoms with Gasteiger partial charge in [0.15, 0.2) is 11.5 Å². The lowest BCUT2D eigenvalue weighted by Gasteiger charge is -2.19. The molecule has 4 aromatic rings. The average Bonchev–Trinajstić information content (AvgIpc) is 3.22. The molecule has 0 bridgehead atoms. The number of rotatable bonds is 3. The van der Waals surface area contributed by atoms with Crippen molar-refractivity contribution in [2.75, 3.05) is 18.5 Å². The second-order valence-electron chi connectivity index (χ2n) is 6.02. The van der Waals surface area contributed by atoms with Crippen LogP contribution in [0.15, 0.2) is 61.1 Å². The number of anilines is 2. The SMILES string of the molecule is Cl.c1cc(Nc2ncnc3cc4c(cc23)OCCO4)cc(-c2ccc[nH]2)c1. The third-order valence-electron chi connectivity index (χ3n) is 4.33. The van der Waals surface area contributed by atoms with Crippen LogP contribution in [0.4, 0.5) is 11.5 Å². The summed E-state index contributed by atoms with van der Waals surface area (Å²) >= 11 is 0. The minimum Gasteiger partial charge on any atom is -0.486 e. The number of benzene rings is 2. The summed E-state index contributed by atoms with van der Waals surface area (Å²) < 4.78 is 11.3. The minimum atomic E-state index is 0. The summed E-state index contributed by atoms with van der Waals surface area (Å²) in [7, 11) is 0. The van der Waals surface area contributed by atoms with E-state index in [0.29, 0.717) is 13.2 Å². The van der Waals surface area contributed by atoms with Gasteiger partial charge in [-0.05, 0) is 35.9 Å². The molecule has 1 aliphatic heterocycles. The minimum absolute atomic E-state index is 0. The first-order valence-electron chi connectivity index (χ1n) is 8.42. The number of hydrogen-bond donors (Lipinski definition) is 2. The molecule has 0 amide bonds. The predicted octanol–water partition coefficient (Wildman–Crippen LogP) is 4.56. The van der Waals surface area contributed by atoms with Crippen molar-refractivity contribution in [1.82, 2.24) is 15.0 Å². The summed E-state index contributed by atoms with van der Waals surface area (Å²) in [6.07, 6.45) is 3.47. The summed E-state index contributed by atoms with van der Waals surface area (Å²) in [5, 5.41) is 4.29. The molecule has 27 heavy (non-hydrogen) atoms. The fraction of sp³-hybridized carbons (Fsp3) is 0.100. The van der Waals surface area contributed by atoms with Gasteiger partial charge in [0.1, 0.15) is 25.4 Å². The molecule has 0 saturated heterocycles. The monoisotopic (exact) mass is 380 g/mol. The highest BCUT2D eigenvalue weighted by Crippen LogP contribution is 2.36. The second kappa shape index (κ2) is 7.17. The van der Waals surface area contributed by atoms with E-state index in [1.807, 2.05) is 42.6 Å². The Balaban J connectivity index is 0.00000180. The standard InChI is InChI=1S/C20H16N4O2.ClH/c1-3-13(16-5-2-6-21-16)9-14(4-1)24-20-15-10-18-19(26-8-7-25-18)11-17(15)22-12-23-20;/h1-6,9-12,21H,7-8H2,(H,22,23,24);1H. The molecule has 7 heteroatoms. The molecule has 5 rings (SSSR count). The molecule has 0 spiro atoms. The molecule has 136 valence electrons. The first-order valence-corrected chi connectivity index (χ1v) is 8.42. The number of nitrogens with zero attached hydrogens (tertiary/aromatic N) is 2. The molecular weight excluding hydrogens is 364 g/mol. The summed E-state index contributed by atoms with van der Waals surface area (Å²) in [6, 6.07) is 16.0. The Kier molecular flexibility index (Phi) is 4.56. The fourth-order valence-electron chi connectivity index (χ4n) is 3.10. The molecule has 2 N–H and O–H groups in total. The highest BCUT2D eigenvalue weighted by molar-refractivity contribution is 5.93. The van der Waals surface area contributed by atoms with E-state index in [2.05, 4.69) is 32.4 Å². The highest BCUT2D eigenvalue weighted by atomic mass is 35.5. The lowest BCUT2D eigenvalue weighted by atomic mass is 10.1. The summed E-state index contributed by atoms with van der Waals surface area (Å²) in [5.41, 5.74) is 3.94. The third-order valence-corrected chi connectivity index (χ3v) is 4.33. The number of nitrogens with one attached hydrogen (secondary N) is 2. The van der Waals surface area contributed by atoms with Crippen molar-refractivity contribution < 1.29 is 9.47 Å². The maximum atomic E-state index is 5.69. The first kappa shape index (κ1) is 17.2. The largest absolute Gasteiger partial charge is 0.486 e. The number of ether oxygens (including phenoxy) is 2.